The Kier molecular flexibility index (Phi) is 2.94. The average Bonchev–Trinajstić information content (AvgIpc) is 2.84. The summed E-state index contributed by atoms with van der Waals surface area (Å²) < 4.78 is 7.06. The van der Waals surface area contributed by atoms with Gasteiger partial charge in [0.2, 0.25) is 0 Å². The number of carboxylic acids is 1. The van der Waals surface area contributed by atoms with Crippen molar-refractivity contribution in [2.45, 2.75) is 25.7 Å². The Morgan fingerprint density at radius 2 is 2.16 bits per heavy atom. The van der Waals surface area contributed by atoms with Gasteiger partial charge in [-0.2, -0.15) is 0 Å². The highest BCUT2D eigenvalue weighted by atomic mass is 16.5. The fourth-order valence-corrected chi connectivity index (χ4v) is 2.47. The topological polar surface area (TPSA) is 76.7 Å². The first-order valence-electron chi connectivity index (χ1n) is 6.33. The standard InChI is InChI=1S/C13H15N3O3/c1-8-14-10(9-2-4-19-5-3-9)6-12-15-11(13(17)18)7-16(8)12/h6-7,9H,2-5H2,1H3,(H,17,18). The van der Waals surface area contributed by atoms with E-state index in [4.69, 9.17) is 9.84 Å². The molecule has 6 heteroatoms. The van der Waals surface area contributed by atoms with Crippen molar-refractivity contribution in [2.24, 2.45) is 0 Å². The molecule has 3 heterocycles. The molecule has 1 saturated heterocycles. The molecular formula is C13H15N3O3. The van der Waals surface area contributed by atoms with E-state index >= 15 is 0 Å². The molecule has 3 rings (SSSR count). The maximum Gasteiger partial charge on any atom is 0.356 e. The number of aromatic nitrogens is 3. The van der Waals surface area contributed by atoms with E-state index in [1.165, 1.54) is 6.20 Å². The number of carboxylic acid groups (broad SMARTS) is 1. The van der Waals surface area contributed by atoms with Crippen LogP contribution in [-0.4, -0.2) is 38.7 Å². The second kappa shape index (κ2) is 4.62. The van der Waals surface area contributed by atoms with Crippen LogP contribution in [0.3, 0.4) is 0 Å². The normalized spacial score (nSPS) is 16.9. The third-order valence-electron chi connectivity index (χ3n) is 3.51. The number of aryl methyl sites for hydroxylation is 1. The van der Waals surface area contributed by atoms with Crippen LogP contribution in [0.1, 0.15) is 40.8 Å². The van der Waals surface area contributed by atoms with E-state index in [1.807, 2.05) is 13.0 Å². The van der Waals surface area contributed by atoms with Crippen molar-refractivity contribution in [1.29, 1.82) is 0 Å². The summed E-state index contributed by atoms with van der Waals surface area (Å²) in [7, 11) is 0. The average molecular weight is 261 g/mol. The number of imidazole rings is 1. The summed E-state index contributed by atoms with van der Waals surface area (Å²) in [6.07, 6.45) is 3.41. The number of rotatable bonds is 2. The third-order valence-corrected chi connectivity index (χ3v) is 3.51. The summed E-state index contributed by atoms with van der Waals surface area (Å²) in [6, 6.07) is 1.88. The van der Waals surface area contributed by atoms with Crippen molar-refractivity contribution < 1.29 is 14.6 Å². The van der Waals surface area contributed by atoms with Crippen LogP contribution in [0.25, 0.3) is 5.65 Å². The summed E-state index contributed by atoms with van der Waals surface area (Å²) in [5, 5.41) is 8.98. The number of fused-ring (bicyclic) bond motifs is 1. The van der Waals surface area contributed by atoms with Gasteiger partial charge in [0.05, 0.1) is 0 Å². The Labute approximate surface area is 110 Å². The van der Waals surface area contributed by atoms with Crippen LogP contribution in [0.15, 0.2) is 12.3 Å². The molecule has 2 aromatic rings. The molecule has 0 atom stereocenters. The molecule has 0 amide bonds. The molecule has 19 heavy (non-hydrogen) atoms. The van der Waals surface area contributed by atoms with Crippen LogP contribution in [0.5, 0.6) is 0 Å². The molecule has 100 valence electrons. The molecule has 1 aliphatic rings. The molecular weight excluding hydrogens is 246 g/mol. The van der Waals surface area contributed by atoms with Crippen LogP contribution < -0.4 is 0 Å². The van der Waals surface area contributed by atoms with Crippen LogP contribution in [0.4, 0.5) is 0 Å². The van der Waals surface area contributed by atoms with E-state index in [9.17, 15) is 4.79 Å². The lowest BCUT2D eigenvalue weighted by Crippen LogP contribution is -2.16. The van der Waals surface area contributed by atoms with E-state index in [0.717, 1.165) is 37.6 Å². The van der Waals surface area contributed by atoms with Gasteiger partial charge in [-0.25, -0.2) is 14.8 Å². The van der Waals surface area contributed by atoms with Gasteiger partial charge in [0.15, 0.2) is 5.69 Å². The lowest BCUT2D eigenvalue weighted by Gasteiger charge is -2.21. The van der Waals surface area contributed by atoms with Crippen molar-refractivity contribution >= 4 is 11.6 Å². The summed E-state index contributed by atoms with van der Waals surface area (Å²) in [4.78, 5) is 19.6. The quantitative estimate of drug-likeness (QED) is 0.889. The number of carbonyl (C=O) groups is 1. The van der Waals surface area contributed by atoms with E-state index in [2.05, 4.69) is 9.97 Å². The summed E-state index contributed by atoms with van der Waals surface area (Å²) >= 11 is 0. The van der Waals surface area contributed by atoms with Gasteiger partial charge in [-0.1, -0.05) is 0 Å². The smallest absolute Gasteiger partial charge is 0.356 e. The summed E-state index contributed by atoms with van der Waals surface area (Å²) in [5.74, 6) is 0.122. The number of aromatic carboxylic acids is 1. The van der Waals surface area contributed by atoms with Crippen LogP contribution in [0, 0.1) is 6.92 Å². The highest BCUT2D eigenvalue weighted by Crippen LogP contribution is 2.26. The minimum absolute atomic E-state index is 0.0500. The minimum Gasteiger partial charge on any atom is -0.476 e. The van der Waals surface area contributed by atoms with Gasteiger partial charge in [-0.05, 0) is 19.8 Å². The molecule has 1 aliphatic heterocycles. The molecule has 0 saturated carbocycles. The number of ether oxygens (including phenoxy) is 1. The Morgan fingerprint density at radius 1 is 1.42 bits per heavy atom. The van der Waals surface area contributed by atoms with Gasteiger partial charge in [0.1, 0.15) is 11.5 Å². The van der Waals surface area contributed by atoms with Crippen molar-refractivity contribution in [3.63, 3.8) is 0 Å². The number of hydrogen-bond donors (Lipinski definition) is 1. The van der Waals surface area contributed by atoms with Gasteiger partial charge in [0.25, 0.3) is 0 Å². The lowest BCUT2D eigenvalue weighted by molar-refractivity contribution is 0.0691. The predicted octanol–water partition coefficient (Wildman–Crippen LogP) is 1.63. The third kappa shape index (κ3) is 2.19. The number of hydrogen-bond acceptors (Lipinski definition) is 4. The molecule has 0 aliphatic carbocycles. The molecule has 1 fully saturated rings. The van der Waals surface area contributed by atoms with Gasteiger partial charge in [0, 0.05) is 37.1 Å². The zero-order chi connectivity index (χ0) is 13.4. The second-order valence-corrected chi connectivity index (χ2v) is 4.77. The molecule has 0 unspecified atom stereocenters. The first-order valence-corrected chi connectivity index (χ1v) is 6.33. The first-order chi connectivity index (χ1) is 9.15. The highest BCUT2D eigenvalue weighted by Gasteiger charge is 2.19. The largest absolute Gasteiger partial charge is 0.476 e. The molecule has 2 aromatic heterocycles. The zero-order valence-corrected chi connectivity index (χ0v) is 10.7. The van der Waals surface area contributed by atoms with E-state index in [-0.39, 0.29) is 5.69 Å². The highest BCUT2D eigenvalue weighted by molar-refractivity contribution is 5.86. The van der Waals surface area contributed by atoms with Crippen LogP contribution in [0.2, 0.25) is 0 Å². The van der Waals surface area contributed by atoms with Crippen molar-refractivity contribution in [3.8, 4) is 0 Å². The number of nitrogens with zero attached hydrogens (tertiary/aromatic N) is 3. The fraction of sp³-hybridized carbons (Fsp3) is 0.462. The van der Waals surface area contributed by atoms with Crippen molar-refractivity contribution in [2.75, 3.05) is 13.2 Å². The zero-order valence-electron chi connectivity index (χ0n) is 10.7. The van der Waals surface area contributed by atoms with Crippen LogP contribution in [-0.2, 0) is 4.74 Å². The first kappa shape index (κ1) is 12.1. The minimum atomic E-state index is -1.02. The van der Waals surface area contributed by atoms with E-state index in [0.29, 0.717) is 11.6 Å². The van der Waals surface area contributed by atoms with Gasteiger partial charge in [-0.3, -0.25) is 4.40 Å². The Morgan fingerprint density at radius 3 is 2.84 bits per heavy atom. The van der Waals surface area contributed by atoms with E-state index < -0.39 is 5.97 Å². The van der Waals surface area contributed by atoms with Crippen LogP contribution >= 0.6 is 0 Å². The Hall–Kier alpha value is -1.95. The Bertz CT molecular complexity index is 629. The summed E-state index contributed by atoms with van der Waals surface area (Å²) in [5.41, 5.74) is 1.68. The summed E-state index contributed by atoms with van der Waals surface area (Å²) in [6.45, 7) is 3.37. The molecule has 0 radical (unpaired) electrons. The van der Waals surface area contributed by atoms with E-state index in [1.54, 1.807) is 4.40 Å². The SMILES string of the molecule is Cc1nc(C2CCOCC2)cc2nc(C(=O)O)cn12. The van der Waals surface area contributed by atoms with Gasteiger partial charge < -0.3 is 9.84 Å². The molecule has 6 nitrogen and oxygen atoms in total. The lowest BCUT2D eigenvalue weighted by atomic mass is 9.96. The maximum absolute atomic E-state index is 11.0. The second-order valence-electron chi connectivity index (χ2n) is 4.77. The maximum atomic E-state index is 11.0. The molecule has 0 aromatic carbocycles. The predicted molar refractivity (Wildman–Crippen MR) is 67.5 cm³/mol. The monoisotopic (exact) mass is 261 g/mol. The Balaban J connectivity index is 2.05. The van der Waals surface area contributed by atoms with Gasteiger partial charge in [-0.15, -0.1) is 0 Å². The van der Waals surface area contributed by atoms with Crippen molar-refractivity contribution in [3.05, 3.63) is 29.5 Å². The molecule has 1 N–H and O–H groups in total. The van der Waals surface area contributed by atoms with Crippen molar-refractivity contribution in [1.82, 2.24) is 14.4 Å². The molecule has 0 bridgehead atoms. The molecule has 0 spiro atoms. The fourth-order valence-electron chi connectivity index (χ4n) is 2.47. The van der Waals surface area contributed by atoms with Gasteiger partial charge >= 0.3 is 5.97 Å².